The predicted molar refractivity (Wildman–Crippen MR) is 118 cm³/mol. The average Bonchev–Trinajstić information content (AvgIpc) is 2.91. The summed E-state index contributed by atoms with van der Waals surface area (Å²) in [5.41, 5.74) is -0.0154. The second kappa shape index (κ2) is 11.8. The number of nitrogens with one attached hydrogen (secondary N) is 2. The summed E-state index contributed by atoms with van der Waals surface area (Å²) in [6.07, 6.45) is 8.43. The molecule has 0 aromatic carbocycles. The average molecular weight is 477 g/mol. The van der Waals surface area contributed by atoms with Crippen molar-refractivity contribution in [2.24, 2.45) is 4.99 Å². The van der Waals surface area contributed by atoms with Crippen LogP contribution in [0.4, 0.5) is 0 Å². The minimum Gasteiger partial charge on any atom is -0.443 e. The van der Waals surface area contributed by atoms with Gasteiger partial charge in [-0.3, -0.25) is 4.99 Å². The van der Waals surface area contributed by atoms with Gasteiger partial charge in [-0.1, -0.05) is 33.6 Å². The molecule has 1 aromatic rings. The van der Waals surface area contributed by atoms with Gasteiger partial charge in [0.2, 0.25) is 5.89 Å². The summed E-state index contributed by atoms with van der Waals surface area (Å²) in [6.45, 7) is 11.5. The van der Waals surface area contributed by atoms with E-state index in [0.29, 0.717) is 12.4 Å². The van der Waals surface area contributed by atoms with E-state index in [2.05, 4.69) is 46.3 Å². The summed E-state index contributed by atoms with van der Waals surface area (Å²) in [5.74, 6) is 2.40. The summed E-state index contributed by atoms with van der Waals surface area (Å²) in [6, 6.07) is 0. The molecule has 150 valence electrons. The van der Waals surface area contributed by atoms with Crippen molar-refractivity contribution in [2.75, 3.05) is 33.2 Å². The fraction of sp³-hybridized carbons (Fsp3) is 0.789. The lowest BCUT2D eigenvalue weighted by atomic mass is 9.94. The maximum Gasteiger partial charge on any atom is 0.213 e. The van der Waals surface area contributed by atoms with Crippen LogP contribution in [0.3, 0.4) is 0 Å². The highest BCUT2D eigenvalue weighted by atomic mass is 127. The zero-order chi connectivity index (χ0) is 18.1. The third-order valence-electron chi connectivity index (χ3n) is 4.57. The Labute approximate surface area is 175 Å². The normalized spacial score (nSPS) is 16.7. The molecular weight excluding hydrogens is 441 g/mol. The number of oxazole rings is 1. The first-order valence-corrected chi connectivity index (χ1v) is 9.61. The van der Waals surface area contributed by atoms with E-state index in [4.69, 9.17) is 4.42 Å². The van der Waals surface area contributed by atoms with E-state index in [1.165, 1.54) is 45.3 Å². The number of halogens is 1. The quantitative estimate of drug-likeness (QED) is 0.284. The molecule has 1 aliphatic heterocycles. The topological polar surface area (TPSA) is 65.7 Å². The van der Waals surface area contributed by atoms with Crippen molar-refractivity contribution >= 4 is 29.9 Å². The molecule has 2 N–H and O–H groups in total. The van der Waals surface area contributed by atoms with Gasteiger partial charge in [0, 0.05) is 19.0 Å². The van der Waals surface area contributed by atoms with Crippen molar-refractivity contribution < 1.29 is 4.42 Å². The Bertz CT molecular complexity index is 530. The fourth-order valence-corrected chi connectivity index (χ4v) is 2.99. The van der Waals surface area contributed by atoms with E-state index >= 15 is 0 Å². The summed E-state index contributed by atoms with van der Waals surface area (Å²) in [5, 5.41) is 6.64. The number of guanidine groups is 1. The van der Waals surface area contributed by atoms with Crippen LogP contribution in [-0.4, -0.2) is 49.1 Å². The lowest BCUT2D eigenvalue weighted by Gasteiger charge is -2.20. The van der Waals surface area contributed by atoms with Crippen LogP contribution in [0.1, 0.15) is 64.5 Å². The van der Waals surface area contributed by atoms with Crippen LogP contribution < -0.4 is 10.6 Å². The molecule has 26 heavy (non-hydrogen) atoms. The molecule has 2 heterocycles. The van der Waals surface area contributed by atoms with Crippen molar-refractivity contribution in [2.45, 2.75) is 64.8 Å². The third-order valence-corrected chi connectivity index (χ3v) is 4.57. The molecule has 0 saturated carbocycles. The third kappa shape index (κ3) is 8.24. The Morgan fingerprint density at radius 1 is 1.19 bits per heavy atom. The van der Waals surface area contributed by atoms with Crippen molar-refractivity contribution in [1.29, 1.82) is 0 Å². The molecule has 0 unspecified atom stereocenters. The van der Waals surface area contributed by atoms with Gasteiger partial charge in [0.15, 0.2) is 5.96 Å². The van der Waals surface area contributed by atoms with Crippen LogP contribution in [0.15, 0.2) is 15.6 Å². The molecule has 1 aromatic heterocycles. The summed E-state index contributed by atoms with van der Waals surface area (Å²) in [4.78, 5) is 11.2. The minimum atomic E-state index is -0.0154. The molecule has 0 aliphatic carbocycles. The highest BCUT2D eigenvalue weighted by Gasteiger charge is 2.19. The van der Waals surface area contributed by atoms with Crippen LogP contribution in [0, 0.1) is 0 Å². The van der Waals surface area contributed by atoms with Crippen LogP contribution in [0.25, 0.3) is 0 Å². The maximum atomic E-state index is 5.80. The maximum absolute atomic E-state index is 5.80. The van der Waals surface area contributed by atoms with E-state index in [9.17, 15) is 0 Å². The first kappa shape index (κ1) is 23.2. The van der Waals surface area contributed by atoms with Gasteiger partial charge in [-0.2, -0.15) is 0 Å². The zero-order valence-corrected chi connectivity index (χ0v) is 19.1. The van der Waals surface area contributed by atoms with Gasteiger partial charge in [0.25, 0.3) is 0 Å². The van der Waals surface area contributed by atoms with Crippen LogP contribution in [0.5, 0.6) is 0 Å². The molecule has 0 amide bonds. The molecule has 1 aliphatic rings. The predicted octanol–water partition coefficient (Wildman–Crippen LogP) is 3.52. The first-order chi connectivity index (χ1) is 12.0. The van der Waals surface area contributed by atoms with Crippen molar-refractivity contribution in [1.82, 2.24) is 20.5 Å². The second-order valence-corrected chi connectivity index (χ2v) is 7.83. The van der Waals surface area contributed by atoms with E-state index in [-0.39, 0.29) is 29.4 Å². The van der Waals surface area contributed by atoms with Crippen LogP contribution in [0.2, 0.25) is 0 Å². The number of hydrogen-bond acceptors (Lipinski definition) is 4. The molecule has 0 radical (unpaired) electrons. The summed E-state index contributed by atoms with van der Waals surface area (Å²) < 4.78 is 5.80. The van der Waals surface area contributed by atoms with Crippen molar-refractivity contribution in [3.05, 3.63) is 17.8 Å². The first-order valence-electron chi connectivity index (χ1n) is 9.61. The van der Waals surface area contributed by atoms with Gasteiger partial charge < -0.3 is 20.0 Å². The van der Waals surface area contributed by atoms with E-state index in [1.54, 1.807) is 7.05 Å². The highest BCUT2D eigenvalue weighted by molar-refractivity contribution is 14.0. The molecule has 1 saturated heterocycles. The Morgan fingerprint density at radius 3 is 2.46 bits per heavy atom. The van der Waals surface area contributed by atoms with Gasteiger partial charge in [-0.25, -0.2) is 4.98 Å². The number of likely N-dealkylation sites (tertiary alicyclic amines) is 1. The Morgan fingerprint density at radius 2 is 1.88 bits per heavy atom. The SMILES string of the molecule is CN=C(NCCCN1CCCCCC1)NCc1ncc(C(C)(C)C)o1.I. The van der Waals surface area contributed by atoms with Gasteiger partial charge in [-0.05, 0) is 38.9 Å². The monoisotopic (exact) mass is 477 g/mol. The van der Waals surface area contributed by atoms with E-state index in [0.717, 1.165) is 24.7 Å². The lowest BCUT2D eigenvalue weighted by Crippen LogP contribution is -2.38. The second-order valence-electron chi connectivity index (χ2n) is 7.83. The van der Waals surface area contributed by atoms with E-state index < -0.39 is 0 Å². The molecular formula is C19H36IN5O. The van der Waals surface area contributed by atoms with Gasteiger partial charge in [-0.15, -0.1) is 24.0 Å². The Kier molecular flexibility index (Phi) is 10.5. The molecule has 1 fully saturated rings. The Hall–Kier alpha value is -0.830. The highest BCUT2D eigenvalue weighted by Crippen LogP contribution is 2.22. The number of nitrogens with zero attached hydrogens (tertiary/aromatic N) is 3. The number of aliphatic imine (C=N–C) groups is 1. The Balaban J connectivity index is 0.00000338. The standard InChI is InChI=1S/C19H35N5O.HI/c1-19(2,3)16-14-22-17(25-16)15-23-18(20-4)21-10-9-13-24-11-7-5-6-8-12-24;/h14H,5-13,15H2,1-4H3,(H2,20,21,23);1H. The molecule has 2 rings (SSSR count). The number of hydrogen-bond donors (Lipinski definition) is 2. The van der Waals surface area contributed by atoms with Crippen LogP contribution in [-0.2, 0) is 12.0 Å². The van der Waals surface area contributed by atoms with E-state index in [1.807, 2.05) is 6.20 Å². The largest absolute Gasteiger partial charge is 0.443 e. The zero-order valence-electron chi connectivity index (χ0n) is 16.8. The fourth-order valence-electron chi connectivity index (χ4n) is 2.99. The van der Waals surface area contributed by atoms with Crippen LogP contribution >= 0.6 is 24.0 Å². The van der Waals surface area contributed by atoms with Gasteiger partial charge in [0.05, 0.1) is 12.7 Å². The summed E-state index contributed by atoms with van der Waals surface area (Å²) in [7, 11) is 1.79. The molecule has 7 heteroatoms. The minimum absolute atomic E-state index is 0. The molecule has 0 spiro atoms. The molecule has 6 nitrogen and oxygen atoms in total. The van der Waals surface area contributed by atoms with Gasteiger partial charge in [0.1, 0.15) is 5.76 Å². The van der Waals surface area contributed by atoms with Crippen molar-refractivity contribution in [3.63, 3.8) is 0 Å². The molecule has 0 atom stereocenters. The number of aromatic nitrogens is 1. The van der Waals surface area contributed by atoms with Gasteiger partial charge >= 0.3 is 0 Å². The molecule has 0 bridgehead atoms. The smallest absolute Gasteiger partial charge is 0.213 e. The number of rotatable bonds is 6. The van der Waals surface area contributed by atoms with Crippen molar-refractivity contribution in [3.8, 4) is 0 Å². The summed E-state index contributed by atoms with van der Waals surface area (Å²) >= 11 is 0. The lowest BCUT2D eigenvalue weighted by molar-refractivity contribution is 0.282.